The summed E-state index contributed by atoms with van der Waals surface area (Å²) >= 11 is 3.44. The van der Waals surface area contributed by atoms with Crippen molar-refractivity contribution in [1.82, 2.24) is 5.32 Å². The minimum atomic E-state index is -0.562. The highest BCUT2D eigenvalue weighted by Gasteiger charge is 2.22. The number of hydrogen-bond donors (Lipinski definition) is 2. The van der Waals surface area contributed by atoms with Crippen molar-refractivity contribution in [2.75, 3.05) is 6.54 Å². The molecule has 1 aromatic rings. The number of halogens is 1. The van der Waals surface area contributed by atoms with Crippen molar-refractivity contribution in [3.8, 4) is 0 Å². The summed E-state index contributed by atoms with van der Waals surface area (Å²) in [6.07, 6.45) is 2.57. The van der Waals surface area contributed by atoms with Gasteiger partial charge in [-0.15, -0.1) is 0 Å². The van der Waals surface area contributed by atoms with Crippen molar-refractivity contribution < 1.29 is 5.11 Å². The van der Waals surface area contributed by atoms with Crippen LogP contribution in [0, 0.1) is 0 Å². The number of rotatable bonds is 7. The van der Waals surface area contributed by atoms with E-state index >= 15 is 0 Å². The van der Waals surface area contributed by atoms with Gasteiger partial charge in [0, 0.05) is 17.1 Å². The van der Waals surface area contributed by atoms with Crippen LogP contribution >= 0.6 is 15.9 Å². The van der Waals surface area contributed by atoms with Gasteiger partial charge >= 0.3 is 0 Å². The first kappa shape index (κ1) is 15.7. The van der Waals surface area contributed by atoms with Crippen LogP contribution in [0.25, 0.3) is 0 Å². The Labute approximate surface area is 119 Å². The van der Waals surface area contributed by atoms with E-state index in [0.29, 0.717) is 12.6 Å². The lowest BCUT2D eigenvalue weighted by Crippen LogP contribution is -2.43. The predicted octanol–water partition coefficient (Wildman–Crippen LogP) is 3.52. The molecule has 0 radical (unpaired) electrons. The molecular weight excluding hydrogens is 290 g/mol. The summed E-state index contributed by atoms with van der Waals surface area (Å²) in [6, 6.07) is 8.77. The fourth-order valence-electron chi connectivity index (χ4n) is 1.91. The highest BCUT2D eigenvalue weighted by Crippen LogP contribution is 2.14. The van der Waals surface area contributed by atoms with Crippen molar-refractivity contribution in [3.05, 3.63) is 34.3 Å². The first-order chi connectivity index (χ1) is 8.49. The minimum Gasteiger partial charge on any atom is -0.389 e. The molecule has 0 aliphatic heterocycles. The lowest BCUT2D eigenvalue weighted by molar-refractivity contribution is 0.0303. The first-order valence-electron chi connectivity index (χ1n) is 6.69. The van der Waals surface area contributed by atoms with E-state index in [9.17, 15) is 5.11 Å². The molecule has 0 spiro atoms. The van der Waals surface area contributed by atoms with E-state index in [4.69, 9.17) is 0 Å². The monoisotopic (exact) mass is 313 g/mol. The fourth-order valence-corrected chi connectivity index (χ4v) is 2.17. The third-order valence-electron chi connectivity index (χ3n) is 3.55. The molecule has 1 atom stereocenters. The van der Waals surface area contributed by atoms with Gasteiger partial charge in [0.25, 0.3) is 0 Å². The van der Waals surface area contributed by atoms with Crippen LogP contribution in [0.1, 0.15) is 39.2 Å². The third kappa shape index (κ3) is 5.09. The molecule has 1 rings (SSSR count). The second kappa shape index (κ2) is 7.27. The molecule has 1 unspecified atom stereocenters. The Morgan fingerprint density at radius 2 is 1.78 bits per heavy atom. The van der Waals surface area contributed by atoms with Gasteiger partial charge in [-0.3, -0.25) is 0 Å². The van der Waals surface area contributed by atoms with E-state index in [0.717, 1.165) is 23.7 Å². The molecule has 2 nitrogen and oxygen atoms in total. The highest BCUT2D eigenvalue weighted by molar-refractivity contribution is 9.10. The SMILES string of the molecule is CCC(O)(CC)CNC(C)Cc1ccc(Br)cc1. The molecule has 0 aromatic heterocycles. The molecule has 0 aliphatic rings. The second-order valence-electron chi connectivity index (χ2n) is 5.04. The summed E-state index contributed by atoms with van der Waals surface area (Å²) in [5.41, 5.74) is 0.753. The lowest BCUT2D eigenvalue weighted by Gasteiger charge is -2.27. The lowest BCUT2D eigenvalue weighted by atomic mass is 9.97. The normalized spacial score (nSPS) is 13.6. The Morgan fingerprint density at radius 3 is 2.28 bits per heavy atom. The second-order valence-corrected chi connectivity index (χ2v) is 5.96. The van der Waals surface area contributed by atoms with Crippen molar-refractivity contribution in [2.24, 2.45) is 0 Å². The molecule has 0 fully saturated rings. The quantitative estimate of drug-likeness (QED) is 0.807. The first-order valence-corrected chi connectivity index (χ1v) is 7.48. The van der Waals surface area contributed by atoms with E-state index in [1.54, 1.807) is 0 Å². The standard InChI is InChI=1S/C15H24BrNO/c1-4-15(18,5-2)11-17-12(3)10-13-6-8-14(16)9-7-13/h6-9,12,17-18H,4-5,10-11H2,1-3H3. The van der Waals surface area contributed by atoms with E-state index < -0.39 is 5.60 Å². The summed E-state index contributed by atoms with van der Waals surface area (Å²) in [5, 5.41) is 13.6. The van der Waals surface area contributed by atoms with Gasteiger partial charge in [-0.1, -0.05) is 41.9 Å². The van der Waals surface area contributed by atoms with Gasteiger partial charge in [0.15, 0.2) is 0 Å². The third-order valence-corrected chi connectivity index (χ3v) is 4.08. The van der Waals surface area contributed by atoms with Gasteiger partial charge in [0.1, 0.15) is 0 Å². The van der Waals surface area contributed by atoms with Crippen LogP contribution in [0.3, 0.4) is 0 Å². The number of benzene rings is 1. The zero-order chi connectivity index (χ0) is 13.6. The number of aliphatic hydroxyl groups is 1. The van der Waals surface area contributed by atoms with Crippen LogP contribution in [0.4, 0.5) is 0 Å². The zero-order valence-electron chi connectivity index (χ0n) is 11.5. The van der Waals surface area contributed by atoms with Crippen LogP contribution in [-0.4, -0.2) is 23.3 Å². The molecular formula is C15H24BrNO. The van der Waals surface area contributed by atoms with E-state index in [1.807, 2.05) is 13.8 Å². The topological polar surface area (TPSA) is 32.3 Å². The molecule has 0 bridgehead atoms. The zero-order valence-corrected chi connectivity index (χ0v) is 13.1. The average Bonchev–Trinajstić information content (AvgIpc) is 2.39. The minimum absolute atomic E-state index is 0.371. The Morgan fingerprint density at radius 1 is 1.22 bits per heavy atom. The van der Waals surface area contributed by atoms with Gasteiger partial charge in [0.2, 0.25) is 0 Å². The summed E-state index contributed by atoms with van der Waals surface area (Å²) < 4.78 is 1.11. The van der Waals surface area contributed by atoms with E-state index in [-0.39, 0.29) is 0 Å². The van der Waals surface area contributed by atoms with Gasteiger partial charge < -0.3 is 10.4 Å². The maximum Gasteiger partial charge on any atom is 0.0766 e. The Hall–Kier alpha value is -0.380. The van der Waals surface area contributed by atoms with Gasteiger partial charge in [-0.2, -0.15) is 0 Å². The number of hydrogen-bond acceptors (Lipinski definition) is 2. The molecule has 3 heteroatoms. The van der Waals surface area contributed by atoms with Crippen LogP contribution in [0.5, 0.6) is 0 Å². The van der Waals surface area contributed by atoms with E-state index in [2.05, 4.69) is 52.4 Å². The average molecular weight is 314 g/mol. The van der Waals surface area contributed by atoms with Crippen molar-refractivity contribution in [2.45, 2.75) is 51.7 Å². The molecule has 102 valence electrons. The van der Waals surface area contributed by atoms with Gasteiger partial charge in [-0.05, 0) is 43.9 Å². The Balaban J connectivity index is 2.42. The van der Waals surface area contributed by atoms with Crippen LogP contribution in [-0.2, 0) is 6.42 Å². The molecule has 0 aliphatic carbocycles. The molecule has 0 heterocycles. The Kier molecular flexibility index (Phi) is 6.33. The van der Waals surface area contributed by atoms with Crippen molar-refractivity contribution in [3.63, 3.8) is 0 Å². The maximum atomic E-state index is 10.2. The van der Waals surface area contributed by atoms with Crippen molar-refractivity contribution in [1.29, 1.82) is 0 Å². The summed E-state index contributed by atoms with van der Waals surface area (Å²) in [5.74, 6) is 0. The molecule has 0 amide bonds. The summed E-state index contributed by atoms with van der Waals surface area (Å²) in [4.78, 5) is 0. The number of nitrogens with one attached hydrogen (secondary N) is 1. The maximum absolute atomic E-state index is 10.2. The predicted molar refractivity (Wildman–Crippen MR) is 80.8 cm³/mol. The van der Waals surface area contributed by atoms with Gasteiger partial charge in [-0.25, -0.2) is 0 Å². The summed E-state index contributed by atoms with van der Waals surface area (Å²) in [6.45, 7) is 6.89. The molecule has 1 aromatic carbocycles. The van der Waals surface area contributed by atoms with Crippen LogP contribution < -0.4 is 5.32 Å². The largest absolute Gasteiger partial charge is 0.389 e. The summed E-state index contributed by atoms with van der Waals surface area (Å²) in [7, 11) is 0. The van der Waals surface area contributed by atoms with Gasteiger partial charge in [0.05, 0.1) is 5.60 Å². The van der Waals surface area contributed by atoms with E-state index in [1.165, 1.54) is 5.56 Å². The molecule has 0 saturated heterocycles. The highest BCUT2D eigenvalue weighted by atomic mass is 79.9. The fraction of sp³-hybridized carbons (Fsp3) is 0.600. The van der Waals surface area contributed by atoms with Crippen LogP contribution in [0.15, 0.2) is 28.7 Å². The smallest absolute Gasteiger partial charge is 0.0766 e. The van der Waals surface area contributed by atoms with Crippen LogP contribution in [0.2, 0.25) is 0 Å². The molecule has 18 heavy (non-hydrogen) atoms. The van der Waals surface area contributed by atoms with Crippen molar-refractivity contribution >= 4 is 15.9 Å². The molecule has 0 saturated carbocycles. The molecule has 2 N–H and O–H groups in total. The Bertz CT molecular complexity index is 346.